The Labute approximate surface area is 129 Å². The molecular weight excluding hydrogens is 280 g/mol. The summed E-state index contributed by atoms with van der Waals surface area (Å²) in [6, 6.07) is 7.19. The molecule has 0 amide bonds. The molecule has 0 radical (unpaired) electrons. The second-order valence-corrected chi connectivity index (χ2v) is 6.21. The molecule has 1 heterocycles. The number of nitrogens with zero attached hydrogens (tertiary/aromatic N) is 2. The van der Waals surface area contributed by atoms with E-state index < -0.39 is 5.60 Å². The van der Waals surface area contributed by atoms with Crippen LogP contribution in [0.15, 0.2) is 30.5 Å². The summed E-state index contributed by atoms with van der Waals surface area (Å²) in [5.74, 6) is -0.336. The van der Waals surface area contributed by atoms with Gasteiger partial charge in [0.15, 0.2) is 6.29 Å². The summed E-state index contributed by atoms with van der Waals surface area (Å²) in [6.45, 7) is 7.90. The van der Waals surface area contributed by atoms with Gasteiger partial charge in [-0.2, -0.15) is 5.10 Å². The number of rotatable bonds is 4. The minimum atomic E-state index is -0.506. The zero-order valence-electron chi connectivity index (χ0n) is 13.3. The largest absolute Gasteiger partial charge is 0.456 e. The van der Waals surface area contributed by atoms with E-state index in [1.165, 1.54) is 0 Å². The molecule has 0 unspecified atom stereocenters. The first-order valence-electron chi connectivity index (χ1n) is 7.10. The van der Waals surface area contributed by atoms with Gasteiger partial charge in [0.1, 0.15) is 11.3 Å². The summed E-state index contributed by atoms with van der Waals surface area (Å²) in [7, 11) is 0. The number of esters is 1. The normalized spacial score (nSPS) is 11.3. The summed E-state index contributed by atoms with van der Waals surface area (Å²) in [5.41, 5.74) is 2.30. The fourth-order valence-corrected chi connectivity index (χ4v) is 2.00. The molecule has 0 saturated carbocycles. The first-order valence-corrected chi connectivity index (χ1v) is 7.10. The smallest absolute Gasteiger partial charge is 0.338 e. The Balaban J connectivity index is 2.08. The zero-order valence-corrected chi connectivity index (χ0v) is 13.3. The van der Waals surface area contributed by atoms with Crippen molar-refractivity contribution in [2.24, 2.45) is 0 Å². The Morgan fingerprint density at radius 3 is 2.41 bits per heavy atom. The van der Waals surface area contributed by atoms with Gasteiger partial charge in [0.05, 0.1) is 12.1 Å². The fourth-order valence-electron chi connectivity index (χ4n) is 2.00. The highest BCUT2D eigenvalue weighted by Gasteiger charge is 2.17. The quantitative estimate of drug-likeness (QED) is 0.643. The lowest BCUT2D eigenvalue weighted by Crippen LogP contribution is -2.23. The van der Waals surface area contributed by atoms with Gasteiger partial charge in [0, 0.05) is 6.20 Å². The second kappa shape index (κ2) is 6.13. The van der Waals surface area contributed by atoms with Crippen LogP contribution < -0.4 is 0 Å². The van der Waals surface area contributed by atoms with Gasteiger partial charge >= 0.3 is 5.97 Å². The predicted molar refractivity (Wildman–Crippen MR) is 83.1 cm³/mol. The number of carbonyl (C=O) groups excluding carboxylic acids is 2. The Bertz CT molecular complexity index is 679. The van der Waals surface area contributed by atoms with E-state index in [1.807, 2.05) is 46.0 Å². The van der Waals surface area contributed by atoms with E-state index in [1.54, 1.807) is 16.8 Å². The summed E-state index contributed by atoms with van der Waals surface area (Å²) < 4.78 is 7.03. The summed E-state index contributed by atoms with van der Waals surface area (Å²) in [5, 5.41) is 4.19. The van der Waals surface area contributed by atoms with Crippen LogP contribution in [-0.2, 0) is 11.3 Å². The van der Waals surface area contributed by atoms with Crippen molar-refractivity contribution in [1.82, 2.24) is 9.78 Å². The van der Waals surface area contributed by atoms with Gasteiger partial charge in [-0.25, -0.2) is 4.79 Å². The lowest BCUT2D eigenvalue weighted by molar-refractivity contribution is 0.00694. The van der Waals surface area contributed by atoms with Crippen LogP contribution in [0.5, 0.6) is 0 Å². The Morgan fingerprint density at radius 1 is 1.27 bits per heavy atom. The minimum absolute atomic E-state index is 0.336. The van der Waals surface area contributed by atoms with Crippen molar-refractivity contribution in [3.8, 4) is 0 Å². The Kier molecular flexibility index (Phi) is 4.45. The van der Waals surface area contributed by atoms with Crippen LogP contribution in [0.3, 0.4) is 0 Å². The SMILES string of the molecule is Cc1cn(Cc2ccc(C(=O)OC(C)(C)C)cc2)nc1C=O. The second-order valence-electron chi connectivity index (χ2n) is 6.21. The van der Waals surface area contributed by atoms with Crippen molar-refractivity contribution in [3.05, 3.63) is 52.8 Å². The number of aromatic nitrogens is 2. The molecule has 5 nitrogen and oxygen atoms in total. The maximum Gasteiger partial charge on any atom is 0.338 e. The fraction of sp³-hybridized carbons (Fsp3) is 0.353. The molecule has 0 aliphatic carbocycles. The number of hydrogen-bond donors (Lipinski definition) is 0. The van der Waals surface area contributed by atoms with Crippen molar-refractivity contribution in [3.63, 3.8) is 0 Å². The summed E-state index contributed by atoms with van der Waals surface area (Å²) in [4.78, 5) is 22.7. The summed E-state index contributed by atoms with van der Waals surface area (Å²) in [6.07, 6.45) is 2.57. The predicted octanol–water partition coefficient (Wildman–Crippen LogP) is 3.01. The molecule has 22 heavy (non-hydrogen) atoms. The first kappa shape index (κ1) is 15.9. The highest BCUT2D eigenvalue weighted by molar-refractivity contribution is 5.89. The molecule has 2 rings (SSSR count). The number of aldehydes is 1. The average molecular weight is 300 g/mol. The van der Waals surface area contributed by atoms with Crippen LogP contribution in [0.25, 0.3) is 0 Å². The molecule has 0 saturated heterocycles. The zero-order chi connectivity index (χ0) is 16.3. The van der Waals surface area contributed by atoms with Gasteiger partial charge < -0.3 is 4.74 Å². The van der Waals surface area contributed by atoms with E-state index >= 15 is 0 Å². The van der Waals surface area contributed by atoms with Crippen LogP contribution in [0.1, 0.15) is 52.7 Å². The molecule has 0 atom stereocenters. The molecule has 1 aromatic heterocycles. The first-order chi connectivity index (χ1) is 10.3. The molecule has 0 aliphatic heterocycles. The van der Waals surface area contributed by atoms with Gasteiger partial charge in [-0.05, 0) is 51.0 Å². The van der Waals surface area contributed by atoms with Gasteiger partial charge in [0.25, 0.3) is 0 Å². The van der Waals surface area contributed by atoms with Crippen LogP contribution in [0.2, 0.25) is 0 Å². The number of carbonyl (C=O) groups is 2. The number of aryl methyl sites for hydroxylation is 1. The standard InChI is InChI=1S/C17H20N2O3/c1-12-9-19(18-15(12)11-20)10-13-5-7-14(8-6-13)16(21)22-17(2,3)4/h5-9,11H,10H2,1-4H3. The molecule has 0 bridgehead atoms. The Hall–Kier alpha value is -2.43. The Morgan fingerprint density at radius 2 is 1.91 bits per heavy atom. The van der Waals surface area contributed by atoms with Gasteiger partial charge in [-0.15, -0.1) is 0 Å². The van der Waals surface area contributed by atoms with Crippen LogP contribution >= 0.6 is 0 Å². The van der Waals surface area contributed by atoms with Gasteiger partial charge in [0.2, 0.25) is 0 Å². The molecule has 0 spiro atoms. The molecular formula is C17H20N2O3. The third-order valence-electron chi connectivity index (χ3n) is 3.03. The monoisotopic (exact) mass is 300 g/mol. The molecule has 0 N–H and O–H groups in total. The molecule has 0 fully saturated rings. The van der Waals surface area contributed by atoms with Crippen LogP contribution in [0, 0.1) is 6.92 Å². The minimum Gasteiger partial charge on any atom is -0.456 e. The van der Waals surface area contributed by atoms with Crippen molar-refractivity contribution < 1.29 is 14.3 Å². The molecule has 2 aromatic rings. The van der Waals surface area contributed by atoms with Crippen LogP contribution in [-0.4, -0.2) is 27.6 Å². The highest BCUT2D eigenvalue weighted by Crippen LogP contribution is 2.13. The van der Waals surface area contributed by atoms with E-state index in [0.717, 1.165) is 17.4 Å². The number of hydrogen-bond acceptors (Lipinski definition) is 4. The van der Waals surface area contributed by atoms with Crippen LogP contribution in [0.4, 0.5) is 0 Å². The molecule has 0 aliphatic rings. The van der Waals surface area contributed by atoms with Gasteiger partial charge in [-0.3, -0.25) is 9.48 Å². The number of ether oxygens (including phenoxy) is 1. The lowest BCUT2D eigenvalue weighted by Gasteiger charge is -2.19. The maximum atomic E-state index is 11.9. The third-order valence-corrected chi connectivity index (χ3v) is 3.03. The third kappa shape index (κ3) is 4.04. The van der Waals surface area contributed by atoms with E-state index in [2.05, 4.69) is 5.10 Å². The van der Waals surface area contributed by atoms with Crippen molar-refractivity contribution in [2.75, 3.05) is 0 Å². The van der Waals surface area contributed by atoms with Crippen molar-refractivity contribution >= 4 is 12.3 Å². The van der Waals surface area contributed by atoms with Crippen molar-refractivity contribution in [1.29, 1.82) is 0 Å². The van der Waals surface area contributed by atoms with E-state index in [-0.39, 0.29) is 5.97 Å². The average Bonchev–Trinajstić information content (AvgIpc) is 2.77. The summed E-state index contributed by atoms with van der Waals surface area (Å²) >= 11 is 0. The van der Waals surface area contributed by atoms with E-state index in [4.69, 9.17) is 4.74 Å². The molecule has 5 heteroatoms. The van der Waals surface area contributed by atoms with Gasteiger partial charge in [-0.1, -0.05) is 12.1 Å². The van der Waals surface area contributed by atoms with E-state index in [9.17, 15) is 9.59 Å². The molecule has 116 valence electrons. The topological polar surface area (TPSA) is 61.2 Å². The number of benzene rings is 1. The lowest BCUT2D eigenvalue weighted by atomic mass is 10.1. The van der Waals surface area contributed by atoms with E-state index in [0.29, 0.717) is 17.8 Å². The highest BCUT2D eigenvalue weighted by atomic mass is 16.6. The maximum absolute atomic E-state index is 11.9. The molecule has 1 aromatic carbocycles. The van der Waals surface area contributed by atoms with Crippen molar-refractivity contribution in [2.45, 2.75) is 39.8 Å².